The molecule has 0 aliphatic heterocycles. The highest BCUT2D eigenvalue weighted by Gasteiger charge is 2.33. The lowest BCUT2D eigenvalue weighted by Gasteiger charge is -2.30. The Morgan fingerprint density at radius 2 is 1.89 bits per heavy atom. The highest BCUT2D eigenvalue weighted by atomic mass is 16.6. The van der Waals surface area contributed by atoms with Crippen LogP contribution >= 0.6 is 0 Å². The maximum absolute atomic E-state index is 12.9. The van der Waals surface area contributed by atoms with Crippen molar-refractivity contribution < 1.29 is 19.1 Å². The predicted octanol–water partition coefficient (Wildman–Crippen LogP) is 2.58. The molecule has 1 aromatic heterocycles. The second-order valence-corrected chi connectivity index (χ2v) is 8.60. The van der Waals surface area contributed by atoms with E-state index in [9.17, 15) is 14.4 Å². The van der Waals surface area contributed by atoms with Gasteiger partial charge in [0.15, 0.2) is 0 Å². The van der Waals surface area contributed by atoms with Crippen molar-refractivity contribution in [2.24, 2.45) is 5.92 Å². The van der Waals surface area contributed by atoms with E-state index in [2.05, 4.69) is 0 Å². The SMILES string of the molecule is COC(=O)[C@H](CC1CC1)N(C)c1cc(C)n(CC(=O)OC(C)(C)C)c(=O)c1C. The third-order valence-electron chi connectivity index (χ3n) is 5.00. The van der Waals surface area contributed by atoms with Crippen LogP contribution in [-0.4, -0.2) is 42.3 Å². The quantitative estimate of drug-likeness (QED) is 0.664. The number of pyridine rings is 1. The van der Waals surface area contributed by atoms with Crippen molar-refractivity contribution in [1.82, 2.24) is 4.57 Å². The summed E-state index contributed by atoms with van der Waals surface area (Å²) in [6.07, 6.45) is 2.95. The summed E-state index contributed by atoms with van der Waals surface area (Å²) >= 11 is 0. The average Bonchev–Trinajstić information content (AvgIpc) is 3.41. The zero-order valence-electron chi connectivity index (χ0n) is 18.0. The molecule has 0 unspecified atom stereocenters. The number of hydrogen-bond acceptors (Lipinski definition) is 6. The fourth-order valence-electron chi connectivity index (χ4n) is 3.31. The van der Waals surface area contributed by atoms with Crippen molar-refractivity contribution in [3.63, 3.8) is 0 Å². The molecule has 28 heavy (non-hydrogen) atoms. The number of aromatic nitrogens is 1. The Kier molecular flexibility index (Phi) is 6.57. The number of nitrogens with zero attached hydrogens (tertiary/aromatic N) is 2. The van der Waals surface area contributed by atoms with Crippen molar-refractivity contribution in [2.75, 3.05) is 19.1 Å². The lowest BCUT2D eigenvalue weighted by Crippen LogP contribution is -2.41. The average molecular weight is 392 g/mol. The van der Waals surface area contributed by atoms with Crippen LogP contribution < -0.4 is 10.5 Å². The van der Waals surface area contributed by atoms with E-state index < -0.39 is 17.6 Å². The van der Waals surface area contributed by atoms with E-state index in [1.165, 1.54) is 11.7 Å². The monoisotopic (exact) mass is 392 g/mol. The summed E-state index contributed by atoms with van der Waals surface area (Å²) in [5, 5.41) is 0. The van der Waals surface area contributed by atoms with Crippen LogP contribution in [0, 0.1) is 19.8 Å². The zero-order valence-corrected chi connectivity index (χ0v) is 18.0. The van der Waals surface area contributed by atoms with E-state index in [0.717, 1.165) is 12.8 Å². The molecule has 0 bridgehead atoms. The summed E-state index contributed by atoms with van der Waals surface area (Å²) in [5.41, 5.74) is 0.932. The molecule has 0 amide bonds. The summed E-state index contributed by atoms with van der Waals surface area (Å²) in [6, 6.07) is 1.40. The molecule has 0 aromatic carbocycles. The molecule has 1 aliphatic carbocycles. The second-order valence-electron chi connectivity index (χ2n) is 8.60. The summed E-state index contributed by atoms with van der Waals surface area (Å²) in [6.45, 7) is 8.71. The van der Waals surface area contributed by atoms with Gasteiger partial charge in [0, 0.05) is 24.0 Å². The minimum atomic E-state index is -0.611. The van der Waals surface area contributed by atoms with E-state index in [1.54, 1.807) is 34.6 Å². The van der Waals surface area contributed by atoms with Crippen molar-refractivity contribution in [3.8, 4) is 0 Å². The Morgan fingerprint density at radius 1 is 1.29 bits per heavy atom. The van der Waals surface area contributed by atoms with Crippen molar-refractivity contribution >= 4 is 17.6 Å². The zero-order chi connectivity index (χ0) is 21.2. The molecule has 0 spiro atoms. The third kappa shape index (κ3) is 5.36. The Hall–Kier alpha value is -2.31. The van der Waals surface area contributed by atoms with E-state index in [-0.39, 0.29) is 18.1 Å². The Balaban J connectivity index is 2.32. The number of carbonyl (C=O) groups is 2. The Labute approximate surface area is 166 Å². The summed E-state index contributed by atoms with van der Waals surface area (Å²) < 4.78 is 11.7. The number of carbonyl (C=O) groups excluding carboxylic acids is 2. The van der Waals surface area contributed by atoms with Crippen LogP contribution in [0.1, 0.15) is 51.3 Å². The van der Waals surface area contributed by atoms with Gasteiger partial charge in [-0.2, -0.15) is 0 Å². The largest absolute Gasteiger partial charge is 0.467 e. The highest BCUT2D eigenvalue weighted by Crippen LogP contribution is 2.36. The maximum Gasteiger partial charge on any atom is 0.328 e. The van der Waals surface area contributed by atoms with Gasteiger partial charge in [0.2, 0.25) is 0 Å². The first-order valence-electron chi connectivity index (χ1n) is 9.68. The topological polar surface area (TPSA) is 77.8 Å². The number of ether oxygens (including phenoxy) is 2. The first kappa shape index (κ1) is 22.0. The van der Waals surface area contributed by atoms with Gasteiger partial charge in [-0.3, -0.25) is 9.59 Å². The number of rotatable bonds is 7. The fraction of sp³-hybridized carbons (Fsp3) is 0.667. The summed E-state index contributed by atoms with van der Waals surface area (Å²) in [7, 11) is 3.19. The van der Waals surface area contributed by atoms with Gasteiger partial charge in [-0.05, 0) is 53.0 Å². The van der Waals surface area contributed by atoms with E-state index in [1.807, 2.05) is 18.0 Å². The lowest BCUT2D eigenvalue weighted by atomic mass is 10.1. The van der Waals surface area contributed by atoms with Crippen LogP contribution in [0.5, 0.6) is 0 Å². The predicted molar refractivity (Wildman–Crippen MR) is 108 cm³/mol. The molecule has 2 rings (SSSR count). The van der Waals surface area contributed by atoms with Crippen molar-refractivity contribution in [1.29, 1.82) is 0 Å². The molecule has 1 fully saturated rings. The van der Waals surface area contributed by atoms with Gasteiger partial charge in [-0.1, -0.05) is 12.8 Å². The fourth-order valence-corrected chi connectivity index (χ4v) is 3.31. The number of hydrogen-bond donors (Lipinski definition) is 0. The maximum atomic E-state index is 12.9. The van der Waals surface area contributed by atoms with Gasteiger partial charge in [-0.25, -0.2) is 4.79 Å². The number of anilines is 1. The molecule has 0 radical (unpaired) electrons. The molecular weight excluding hydrogens is 360 g/mol. The number of aryl methyl sites for hydroxylation is 1. The first-order valence-corrected chi connectivity index (χ1v) is 9.68. The van der Waals surface area contributed by atoms with Crippen LogP contribution in [0.2, 0.25) is 0 Å². The Bertz CT molecular complexity index is 802. The van der Waals surface area contributed by atoms with Crippen LogP contribution in [0.4, 0.5) is 5.69 Å². The van der Waals surface area contributed by atoms with Gasteiger partial charge in [0.25, 0.3) is 5.56 Å². The molecule has 1 saturated carbocycles. The van der Waals surface area contributed by atoms with Crippen LogP contribution in [0.15, 0.2) is 10.9 Å². The number of methoxy groups -OCH3 is 1. The standard InChI is InChI=1S/C21H32N2O5/c1-13-10-16(22(6)17(20(26)27-7)11-15-8-9-15)14(2)19(25)23(13)12-18(24)28-21(3,4)5/h10,15,17H,8-9,11-12H2,1-7H3/t17-/m0/s1. The minimum absolute atomic E-state index is 0.144. The van der Waals surface area contributed by atoms with Gasteiger partial charge in [-0.15, -0.1) is 0 Å². The van der Waals surface area contributed by atoms with Gasteiger partial charge < -0.3 is 18.9 Å². The minimum Gasteiger partial charge on any atom is -0.467 e. The first-order chi connectivity index (χ1) is 12.9. The molecule has 0 N–H and O–H groups in total. The second kappa shape index (κ2) is 8.37. The smallest absolute Gasteiger partial charge is 0.328 e. The molecule has 7 heteroatoms. The summed E-state index contributed by atoms with van der Waals surface area (Å²) in [4.78, 5) is 39.2. The normalized spacial score (nSPS) is 15.1. The van der Waals surface area contributed by atoms with E-state index in [4.69, 9.17) is 9.47 Å². The van der Waals surface area contributed by atoms with E-state index in [0.29, 0.717) is 29.3 Å². The van der Waals surface area contributed by atoms with Gasteiger partial charge in [0.05, 0.1) is 7.11 Å². The molecule has 156 valence electrons. The molecule has 1 heterocycles. The lowest BCUT2D eigenvalue weighted by molar-refractivity contribution is -0.155. The molecule has 7 nitrogen and oxygen atoms in total. The van der Waals surface area contributed by atoms with Crippen molar-refractivity contribution in [3.05, 3.63) is 27.7 Å². The van der Waals surface area contributed by atoms with Crippen LogP contribution in [0.25, 0.3) is 0 Å². The number of likely N-dealkylation sites (N-methyl/N-ethyl adjacent to an activating group) is 1. The van der Waals surface area contributed by atoms with Crippen LogP contribution in [0.3, 0.4) is 0 Å². The van der Waals surface area contributed by atoms with Crippen molar-refractivity contribution in [2.45, 2.75) is 72.1 Å². The third-order valence-corrected chi connectivity index (χ3v) is 5.00. The molecule has 1 aromatic rings. The molecular formula is C21H32N2O5. The molecule has 1 atom stereocenters. The molecule has 1 aliphatic rings. The van der Waals surface area contributed by atoms with Crippen LogP contribution in [-0.2, 0) is 25.6 Å². The van der Waals surface area contributed by atoms with Gasteiger partial charge >= 0.3 is 11.9 Å². The van der Waals surface area contributed by atoms with Gasteiger partial charge in [0.1, 0.15) is 18.2 Å². The summed E-state index contributed by atoms with van der Waals surface area (Å²) in [5.74, 6) is -0.232. The highest BCUT2D eigenvalue weighted by molar-refractivity contribution is 5.80. The Morgan fingerprint density at radius 3 is 2.39 bits per heavy atom. The van der Waals surface area contributed by atoms with E-state index >= 15 is 0 Å². The number of esters is 2. The molecule has 0 saturated heterocycles.